The Morgan fingerprint density at radius 3 is 3.00 bits per heavy atom. The first-order valence-electron chi connectivity index (χ1n) is 7.35. The molecule has 3 aromatic heterocycles. The number of carbonyl (C=O) groups excluding carboxylic acids is 1. The molecular formula is C15H18N6O2. The summed E-state index contributed by atoms with van der Waals surface area (Å²) in [6.45, 7) is 3.30. The SMILES string of the molecule is Cc1c(-c2cc(C(=O)NCCCn3ccnc3)no2)cnn1C. The molecule has 3 rings (SSSR count). The Labute approximate surface area is 133 Å². The van der Waals surface area contributed by atoms with Crippen LogP contribution in [-0.2, 0) is 13.6 Å². The van der Waals surface area contributed by atoms with Gasteiger partial charge in [-0.3, -0.25) is 9.48 Å². The summed E-state index contributed by atoms with van der Waals surface area (Å²) in [4.78, 5) is 16.0. The number of nitrogens with one attached hydrogen (secondary N) is 1. The summed E-state index contributed by atoms with van der Waals surface area (Å²) >= 11 is 0. The minimum atomic E-state index is -0.243. The fraction of sp³-hybridized carbons (Fsp3) is 0.333. The van der Waals surface area contributed by atoms with E-state index in [9.17, 15) is 4.79 Å². The van der Waals surface area contributed by atoms with Crippen LogP contribution in [0.15, 0.2) is 35.5 Å². The molecule has 0 bridgehead atoms. The average Bonchev–Trinajstić information content (AvgIpc) is 3.27. The summed E-state index contributed by atoms with van der Waals surface area (Å²) in [5.41, 5.74) is 2.05. The van der Waals surface area contributed by atoms with Gasteiger partial charge in [0.05, 0.1) is 18.1 Å². The maximum Gasteiger partial charge on any atom is 0.273 e. The van der Waals surface area contributed by atoms with Crippen molar-refractivity contribution in [2.75, 3.05) is 6.54 Å². The van der Waals surface area contributed by atoms with E-state index in [1.165, 1.54) is 0 Å². The highest BCUT2D eigenvalue weighted by Crippen LogP contribution is 2.23. The van der Waals surface area contributed by atoms with Gasteiger partial charge in [0.15, 0.2) is 11.5 Å². The van der Waals surface area contributed by atoms with E-state index in [-0.39, 0.29) is 11.6 Å². The summed E-state index contributed by atoms with van der Waals surface area (Å²) in [7, 11) is 1.85. The van der Waals surface area contributed by atoms with E-state index in [4.69, 9.17) is 4.52 Å². The van der Waals surface area contributed by atoms with Crippen LogP contribution in [0.5, 0.6) is 0 Å². The van der Waals surface area contributed by atoms with Gasteiger partial charge in [-0.25, -0.2) is 4.98 Å². The van der Waals surface area contributed by atoms with Crippen LogP contribution in [0.3, 0.4) is 0 Å². The predicted molar refractivity (Wildman–Crippen MR) is 82.6 cm³/mol. The van der Waals surface area contributed by atoms with Crippen molar-refractivity contribution in [2.45, 2.75) is 19.9 Å². The van der Waals surface area contributed by atoms with E-state index >= 15 is 0 Å². The lowest BCUT2D eigenvalue weighted by Crippen LogP contribution is -2.25. The zero-order valence-corrected chi connectivity index (χ0v) is 13.1. The van der Waals surface area contributed by atoms with Gasteiger partial charge in [-0.2, -0.15) is 5.10 Å². The highest BCUT2D eigenvalue weighted by molar-refractivity contribution is 5.93. The van der Waals surface area contributed by atoms with Crippen molar-refractivity contribution in [1.29, 1.82) is 0 Å². The molecule has 3 heterocycles. The Balaban J connectivity index is 1.55. The maximum atomic E-state index is 12.1. The van der Waals surface area contributed by atoms with Crippen LogP contribution in [0, 0.1) is 6.92 Å². The Morgan fingerprint density at radius 1 is 1.43 bits per heavy atom. The highest BCUT2D eigenvalue weighted by Gasteiger charge is 2.16. The van der Waals surface area contributed by atoms with Crippen LogP contribution < -0.4 is 5.32 Å². The molecule has 0 unspecified atom stereocenters. The monoisotopic (exact) mass is 314 g/mol. The van der Waals surface area contributed by atoms with Gasteiger partial charge in [-0.05, 0) is 13.3 Å². The van der Waals surface area contributed by atoms with E-state index in [1.54, 1.807) is 29.5 Å². The molecule has 1 amide bonds. The number of aromatic nitrogens is 5. The minimum absolute atomic E-state index is 0.243. The molecule has 0 aliphatic heterocycles. The molecule has 0 spiro atoms. The van der Waals surface area contributed by atoms with Gasteiger partial charge in [0.2, 0.25) is 0 Å². The summed E-state index contributed by atoms with van der Waals surface area (Å²) < 4.78 is 8.96. The van der Waals surface area contributed by atoms with Crippen LogP contribution in [0.2, 0.25) is 0 Å². The second kappa shape index (κ2) is 6.47. The van der Waals surface area contributed by atoms with Crippen molar-refractivity contribution in [3.05, 3.63) is 42.4 Å². The van der Waals surface area contributed by atoms with Crippen molar-refractivity contribution in [2.24, 2.45) is 7.05 Å². The summed E-state index contributed by atoms with van der Waals surface area (Å²) in [5.74, 6) is 0.298. The standard InChI is InChI=1S/C15H18N6O2/c1-11-12(9-18-20(11)2)14-8-13(19-23-14)15(22)17-4-3-6-21-7-5-16-10-21/h5,7-10H,3-4,6H2,1-2H3,(H,17,22). The minimum Gasteiger partial charge on any atom is -0.355 e. The number of imidazole rings is 1. The summed E-state index contributed by atoms with van der Waals surface area (Å²) in [6.07, 6.45) is 7.89. The van der Waals surface area contributed by atoms with Gasteiger partial charge >= 0.3 is 0 Å². The number of aryl methyl sites for hydroxylation is 2. The highest BCUT2D eigenvalue weighted by atomic mass is 16.5. The first-order valence-corrected chi connectivity index (χ1v) is 7.35. The molecular weight excluding hydrogens is 296 g/mol. The molecule has 0 atom stereocenters. The molecule has 1 N–H and O–H groups in total. The van der Waals surface area contributed by atoms with Crippen LogP contribution >= 0.6 is 0 Å². The zero-order valence-electron chi connectivity index (χ0n) is 13.1. The molecule has 8 nitrogen and oxygen atoms in total. The molecule has 8 heteroatoms. The molecule has 0 fully saturated rings. The third kappa shape index (κ3) is 3.31. The second-order valence-electron chi connectivity index (χ2n) is 5.25. The quantitative estimate of drug-likeness (QED) is 0.694. The lowest BCUT2D eigenvalue weighted by molar-refractivity contribution is 0.0944. The second-order valence-corrected chi connectivity index (χ2v) is 5.25. The first kappa shape index (κ1) is 15.0. The number of amides is 1. The molecule has 0 aromatic carbocycles. The molecule has 0 saturated heterocycles. The van der Waals surface area contributed by atoms with Gasteiger partial charge in [-0.1, -0.05) is 5.16 Å². The zero-order chi connectivity index (χ0) is 16.2. The van der Waals surface area contributed by atoms with Crippen molar-refractivity contribution >= 4 is 5.91 Å². The van der Waals surface area contributed by atoms with Crippen molar-refractivity contribution < 1.29 is 9.32 Å². The molecule has 0 aliphatic rings. The predicted octanol–water partition coefficient (Wildman–Crippen LogP) is 1.40. The average molecular weight is 314 g/mol. The lowest BCUT2D eigenvalue weighted by Gasteiger charge is -2.03. The lowest BCUT2D eigenvalue weighted by atomic mass is 10.2. The fourth-order valence-corrected chi connectivity index (χ4v) is 2.22. The fourth-order valence-electron chi connectivity index (χ4n) is 2.22. The van der Waals surface area contributed by atoms with E-state index in [0.717, 1.165) is 24.2 Å². The molecule has 23 heavy (non-hydrogen) atoms. The number of hydrogen-bond donors (Lipinski definition) is 1. The largest absolute Gasteiger partial charge is 0.355 e. The Bertz CT molecular complexity index is 787. The Morgan fingerprint density at radius 2 is 2.30 bits per heavy atom. The molecule has 0 radical (unpaired) electrons. The van der Waals surface area contributed by atoms with Crippen molar-refractivity contribution in [3.8, 4) is 11.3 Å². The van der Waals surface area contributed by atoms with Crippen molar-refractivity contribution in [1.82, 2.24) is 29.8 Å². The van der Waals surface area contributed by atoms with Crippen LogP contribution in [-0.4, -0.2) is 36.9 Å². The smallest absolute Gasteiger partial charge is 0.273 e. The molecule has 0 saturated carbocycles. The van der Waals surface area contributed by atoms with Crippen LogP contribution in [0.4, 0.5) is 0 Å². The van der Waals surface area contributed by atoms with E-state index in [1.807, 2.05) is 24.7 Å². The van der Waals surface area contributed by atoms with Gasteiger partial charge in [0.25, 0.3) is 5.91 Å². The number of hydrogen-bond acceptors (Lipinski definition) is 5. The Hall–Kier alpha value is -2.90. The summed E-state index contributed by atoms with van der Waals surface area (Å²) in [5, 5.41) is 10.8. The normalized spacial score (nSPS) is 10.9. The van der Waals surface area contributed by atoms with Crippen LogP contribution in [0.25, 0.3) is 11.3 Å². The topological polar surface area (TPSA) is 90.8 Å². The number of rotatable bonds is 6. The third-order valence-electron chi connectivity index (χ3n) is 3.68. The molecule has 0 aliphatic carbocycles. The van der Waals surface area contributed by atoms with Crippen molar-refractivity contribution in [3.63, 3.8) is 0 Å². The Kier molecular flexibility index (Phi) is 4.22. The summed E-state index contributed by atoms with van der Waals surface area (Å²) in [6, 6.07) is 1.63. The van der Waals surface area contributed by atoms with Gasteiger partial charge in [0, 0.05) is 44.3 Å². The van der Waals surface area contributed by atoms with Gasteiger partial charge in [0.1, 0.15) is 0 Å². The third-order valence-corrected chi connectivity index (χ3v) is 3.68. The molecule has 3 aromatic rings. The van der Waals surface area contributed by atoms with Gasteiger partial charge in [-0.15, -0.1) is 0 Å². The number of carbonyl (C=O) groups is 1. The number of nitrogens with zero attached hydrogens (tertiary/aromatic N) is 5. The van der Waals surface area contributed by atoms with Gasteiger partial charge < -0.3 is 14.4 Å². The molecule has 120 valence electrons. The maximum absolute atomic E-state index is 12.1. The first-order chi connectivity index (χ1) is 11.1. The van der Waals surface area contributed by atoms with Crippen LogP contribution in [0.1, 0.15) is 22.6 Å². The van der Waals surface area contributed by atoms with E-state index < -0.39 is 0 Å². The van der Waals surface area contributed by atoms with E-state index in [0.29, 0.717) is 12.3 Å². The van der Waals surface area contributed by atoms with E-state index in [2.05, 4.69) is 20.6 Å².